The Morgan fingerprint density at radius 3 is 2.07 bits per heavy atom. The predicted molar refractivity (Wildman–Crippen MR) is 59.1 cm³/mol. The zero-order valence-corrected chi connectivity index (χ0v) is 10.6. The van der Waals surface area contributed by atoms with E-state index in [0.717, 1.165) is 0 Å². The first-order valence-corrected chi connectivity index (χ1v) is 6.47. The summed E-state index contributed by atoms with van der Waals surface area (Å²) in [6.45, 7) is 7.44. The van der Waals surface area contributed by atoms with Crippen molar-refractivity contribution in [3.05, 3.63) is 0 Å². The maximum atomic E-state index is 9.97. The lowest BCUT2D eigenvalue weighted by atomic mass is 10.5. The second-order valence-corrected chi connectivity index (χ2v) is 5.26. The minimum absolute atomic E-state index is 0.159. The Bertz CT molecular complexity index is 257. The van der Waals surface area contributed by atoms with Gasteiger partial charge in [-0.15, -0.1) is 0 Å². The highest BCUT2D eigenvalue weighted by Gasteiger charge is 2.21. The molecule has 0 saturated carbocycles. The molecule has 0 fully saturated rings. The van der Waals surface area contributed by atoms with E-state index in [1.807, 2.05) is 6.07 Å². The maximum absolute atomic E-state index is 9.97. The van der Waals surface area contributed by atoms with E-state index in [1.165, 1.54) is 0 Å². The summed E-state index contributed by atoms with van der Waals surface area (Å²) in [6, 6.07) is 1.95. The van der Waals surface area contributed by atoms with E-state index < -0.39 is 7.74 Å². The fourth-order valence-corrected chi connectivity index (χ4v) is 2.50. The van der Waals surface area contributed by atoms with Gasteiger partial charge in [-0.05, 0) is 27.7 Å². The third kappa shape index (κ3) is 7.52. The van der Waals surface area contributed by atoms with E-state index in [1.54, 1.807) is 27.7 Å². The van der Waals surface area contributed by atoms with Crippen molar-refractivity contribution >= 4 is 7.74 Å². The molecule has 0 bridgehead atoms. The minimum Gasteiger partial charge on any atom is -0.318 e. The number of hydrogen-bond acceptors (Lipinski definition) is 4. The van der Waals surface area contributed by atoms with E-state index in [4.69, 9.17) is 14.3 Å². The predicted octanol–water partition coefficient (Wildman–Crippen LogP) is 2.69. The zero-order chi connectivity index (χ0) is 11.9. The van der Waals surface area contributed by atoms with Crippen LogP contribution in [0.4, 0.5) is 0 Å². The van der Waals surface area contributed by atoms with Gasteiger partial charge in [0, 0.05) is 0 Å². The topological polar surface area (TPSA) is 74.8 Å². The molecular formula is C9H19N2O3P. The molecule has 0 rings (SSSR count). The van der Waals surface area contributed by atoms with Crippen molar-refractivity contribution in [2.24, 2.45) is 4.74 Å². The van der Waals surface area contributed by atoms with Crippen LogP contribution in [-0.2, 0) is 9.05 Å². The van der Waals surface area contributed by atoms with Gasteiger partial charge in [0.05, 0.1) is 31.2 Å². The molecule has 15 heavy (non-hydrogen) atoms. The molecule has 0 unspecified atom stereocenters. The summed E-state index contributed by atoms with van der Waals surface area (Å²) in [7, 11) is -3.14. The molecule has 88 valence electrons. The van der Waals surface area contributed by atoms with Gasteiger partial charge in [0.25, 0.3) is 0 Å². The molecule has 6 heteroatoms. The first-order valence-electron chi connectivity index (χ1n) is 4.94. The summed E-state index contributed by atoms with van der Waals surface area (Å²) in [5, 5.41) is 8.37. The smallest absolute Gasteiger partial charge is 0.318 e. The second kappa shape index (κ2) is 6.97. The normalized spacial score (nSPS) is 11.9. The van der Waals surface area contributed by atoms with E-state index in [9.17, 15) is 4.89 Å². The maximum Gasteiger partial charge on any atom is 0.353 e. The molecule has 0 aromatic carbocycles. The Balaban J connectivity index is 4.54. The van der Waals surface area contributed by atoms with Crippen LogP contribution in [-0.4, -0.2) is 23.6 Å². The van der Waals surface area contributed by atoms with Crippen LogP contribution < -0.4 is 0 Å². The van der Waals surface area contributed by atoms with Crippen molar-refractivity contribution in [1.82, 2.24) is 0 Å². The van der Waals surface area contributed by atoms with Gasteiger partial charge in [-0.2, -0.15) is 5.26 Å². The molecule has 0 atom stereocenters. The summed E-state index contributed by atoms with van der Waals surface area (Å²) in [5.41, 5.74) is 0. The third-order valence-electron chi connectivity index (χ3n) is 1.20. The van der Waals surface area contributed by atoms with Gasteiger partial charge in [0.1, 0.15) is 0 Å². The van der Waals surface area contributed by atoms with Gasteiger partial charge >= 0.3 is 7.74 Å². The summed E-state index contributed by atoms with van der Waals surface area (Å²) in [4.78, 5) is 9.97. The number of hydrogen-bond donors (Lipinski definition) is 1. The molecule has 0 aromatic heterocycles. The number of rotatable bonds is 6. The lowest BCUT2D eigenvalue weighted by Gasteiger charge is -2.22. The van der Waals surface area contributed by atoms with Crippen LogP contribution in [0.3, 0.4) is 0 Å². The van der Waals surface area contributed by atoms with Gasteiger partial charge in [-0.25, -0.2) is 4.74 Å². The Morgan fingerprint density at radius 2 is 1.73 bits per heavy atom. The van der Waals surface area contributed by atoms with Gasteiger partial charge in [0.15, 0.2) is 0 Å². The molecule has 0 radical (unpaired) electrons. The van der Waals surface area contributed by atoms with Crippen LogP contribution in [0.25, 0.3) is 0 Å². The van der Waals surface area contributed by atoms with Crippen LogP contribution in [0, 0.1) is 11.3 Å². The van der Waals surface area contributed by atoms with Gasteiger partial charge in [-0.1, -0.05) is 0 Å². The van der Waals surface area contributed by atoms with Crippen LogP contribution >= 0.6 is 7.74 Å². The Hall–Kier alpha value is -0.400. The molecule has 0 saturated heterocycles. The third-order valence-corrected chi connectivity index (χ3v) is 3.15. The van der Waals surface area contributed by atoms with Crippen LogP contribution in [0.1, 0.15) is 34.1 Å². The first-order chi connectivity index (χ1) is 6.89. The average Bonchev–Trinajstić information content (AvgIpc) is 2.00. The molecule has 1 N–H and O–H groups in total. The first kappa shape index (κ1) is 14.6. The highest BCUT2D eigenvalue weighted by molar-refractivity contribution is 7.50. The molecule has 0 aliphatic heterocycles. The largest absolute Gasteiger partial charge is 0.353 e. The lowest BCUT2D eigenvalue weighted by molar-refractivity contribution is 0.127. The summed E-state index contributed by atoms with van der Waals surface area (Å²) >= 11 is 0. The van der Waals surface area contributed by atoms with Crippen molar-refractivity contribution in [3.8, 4) is 6.07 Å². The SMILES string of the molecule is CC(C)OP(O)(=NCCC#N)OC(C)C. The van der Waals surface area contributed by atoms with E-state index in [0.29, 0.717) is 0 Å². The van der Waals surface area contributed by atoms with E-state index in [2.05, 4.69) is 4.74 Å². The van der Waals surface area contributed by atoms with Crippen molar-refractivity contribution < 1.29 is 13.9 Å². The Labute approximate surface area is 91.3 Å². The molecule has 0 aliphatic rings. The molecule has 0 heterocycles. The standard InChI is InChI=1S/C9H19N2O3P/c1-8(2)13-15(12,14-9(3)4)11-7-5-6-10/h8-9,12H,5,7H2,1-4H3. The number of nitriles is 1. The highest BCUT2D eigenvalue weighted by Crippen LogP contribution is 2.49. The van der Waals surface area contributed by atoms with E-state index in [-0.39, 0.29) is 25.2 Å². The monoisotopic (exact) mass is 234 g/mol. The molecule has 5 nitrogen and oxygen atoms in total. The fraction of sp³-hybridized carbons (Fsp3) is 0.889. The Morgan fingerprint density at radius 1 is 1.27 bits per heavy atom. The minimum atomic E-state index is -3.14. The lowest BCUT2D eigenvalue weighted by Crippen LogP contribution is -2.08. The van der Waals surface area contributed by atoms with Crippen molar-refractivity contribution in [3.63, 3.8) is 0 Å². The van der Waals surface area contributed by atoms with Gasteiger partial charge in [0.2, 0.25) is 0 Å². The van der Waals surface area contributed by atoms with Crippen molar-refractivity contribution in [2.75, 3.05) is 6.54 Å². The van der Waals surface area contributed by atoms with Crippen molar-refractivity contribution in [2.45, 2.75) is 46.3 Å². The highest BCUT2D eigenvalue weighted by atomic mass is 31.2. The average molecular weight is 234 g/mol. The van der Waals surface area contributed by atoms with Crippen LogP contribution in [0.15, 0.2) is 4.74 Å². The quantitative estimate of drug-likeness (QED) is 0.566. The molecule has 0 amide bonds. The van der Waals surface area contributed by atoms with Gasteiger partial charge < -0.3 is 13.9 Å². The summed E-state index contributed by atoms with van der Waals surface area (Å²) in [6.07, 6.45) is -0.0635. The molecule has 0 spiro atoms. The number of nitrogens with zero attached hydrogens (tertiary/aromatic N) is 2. The van der Waals surface area contributed by atoms with Crippen LogP contribution in [0.2, 0.25) is 0 Å². The second-order valence-electron chi connectivity index (χ2n) is 3.57. The molecule has 0 aliphatic carbocycles. The van der Waals surface area contributed by atoms with Gasteiger partial charge in [-0.3, -0.25) is 0 Å². The fourth-order valence-electron chi connectivity index (χ4n) is 0.867. The van der Waals surface area contributed by atoms with Crippen LogP contribution in [0.5, 0.6) is 0 Å². The Kier molecular flexibility index (Phi) is 6.78. The van der Waals surface area contributed by atoms with Crippen molar-refractivity contribution in [1.29, 1.82) is 5.26 Å². The summed E-state index contributed by atoms with van der Waals surface area (Å²) in [5.74, 6) is 0. The summed E-state index contributed by atoms with van der Waals surface area (Å²) < 4.78 is 14.5. The van der Waals surface area contributed by atoms with E-state index >= 15 is 0 Å². The molecular weight excluding hydrogens is 215 g/mol. The molecule has 0 aromatic rings. The zero-order valence-electron chi connectivity index (χ0n) is 9.67.